The third-order valence-corrected chi connectivity index (χ3v) is 4.18. The number of nitrogens with one attached hydrogen (secondary N) is 1. The molecule has 1 aliphatic heterocycles. The fraction of sp³-hybridized carbons (Fsp3) is 0.625. The van der Waals surface area contributed by atoms with Gasteiger partial charge in [-0.3, -0.25) is 0 Å². The van der Waals surface area contributed by atoms with Crippen molar-refractivity contribution in [1.82, 2.24) is 9.97 Å². The molecule has 0 aliphatic carbocycles. The Kier molecular flexibility index (Phi) is 6.38. The van der Waals surface area contributed by atoms with Crippen molar-refractivity contribution >= 4 is 33.8 Å². The lowest BCUT2D eigenvalue weighted by Crippen LogP contribution is -2.40. The number of nitrogens with zero attached hydrogens (tertiary/aromatic N) is 3. The number of aryl methyl sites for hydroxylation is 1. The smallest absolute Gasteiger partial charge is 0.224 e. The summed E-state index contributed by atoms with van der Waals surface area (Å²) in [5, 5.41) is 13.6. The molecule has 2 N–H and O–H groups in total. The van der Waals surface area contributed by atoms with Gasteiger partial charge in [-0.15, -0.1) is 0 Å². The lowest BCUT2D eigenvalue weighted by atomic mass is 10.1. The molecule has 1 aliphatic rings. The summed E-state index contributed by atoms with van der Waals surface area (Å²) >= 11 is 3.45. The van der Waals surface area contributed by atoms with Gasteiger partial charge in [0.15, 0.2) is 6.23 Å². The van der Waals surface area contributed by atoms with E-state index in [9.17, 15) is 5.11 Å². The van der Waals surface area contributed by atoms with Gasteiger partial charge in [0.05, 0.1) is 11.8 Å². The highest BCUT2D eigenvalue weighted by molar-refractivity contribution is 9.11. The Morgan fingerprint density at radius 3 is 2.83 bits per heavy atom. The molecule has 23 heavy (non-hydrogen) atoms. The Bertz CT molecular complexity index is 577. The molecule has 1 unspecified atom stereocenters. The van der Waals surface area contributed by atoms with E-state index >= 15 is 0 Å². The van der Waals surface area contributed by atoms with Gasteiger partial charge in [0.2, 0.25) is 5.95 Å². The first-order valence-corrected chi connectivity index (χ1v) is 8.79. The van der Waals surface area contributed by atoms with E-state index < -0.39 is 6.23 Å². The maximum absolute atomic E-state index is 10.5. The number of aromatic nitrogens is 2. The number of anilines is 2. The van der Waals surface area contributed by atoms with Crippen molar-refractivity contribution in [2.45, 2.75) is 46.4 Å². The Labute approximate surface area is 146 Å². The van der Waals surface area contributed by atoms with E-state index in [0.717, 1.165) is 34.5 Å². The third-order valence-electron chi connectivity index (χ3n) is 3.54. The average Bonchev–Trinajstić information content (AvgIpc) is 2.48. The van der Waals surface area contributed by atoms with Crippen LogP contribution in [0.25, 0.3) is 6.08 Å². The van der Waals surface area contributed by atoms with Crippen LogP contribution < -0.4 is 10.2 Å². The van der Waals surface area contributed by atoms with E-state index in [1.165, 1.54) is 0 Å². The summed E-state index contributed by atoms with van der Waals surface area (Å²) < 4.78 is 6.31. The highest BCUT2D eigenvalue weighted by atomic mass is 79.9. The molecule has 0 bridgehead atoms. The van der Waals surface area contributed by atoms with Gasteiger partial charge < -0.3 is 20.1 Å². The molecular weight excluding hydrogens is 360 g/mol. The summed E-state index contributed by atoms with van der Waals surface area (Å²) in [6, 6.07) is 0. The first-order valence-electron chi connectivity index (χ1n) is 8.00. The second-order valence-corrected chi connectivity index (χ2v) is 6.69. The Hall–Kier alpha value is -1.18. The first kappa shape index (κ1) is 18.2. The minimum atomic E-state index is -0.731. The van der Waals surface area contributed by atoms with Crippen molar-refractivity contribution in [1.29, 1.82) is 0 Å². The molecule has 0 aromatic carbocycles. The highest BCUT2D eigenvalue weighted by Gasteiger charge is 2.28. The minimum Gasteiger partial charge on any atom is -0.379 e. The van der Waals surface area contributed by atoms with Crippen LogP contribution in [0.2, 0.25) is 0 Å². The molecule has 2 rings (SSSR count). The Morgan fingerprint density at radius 1 is 1.43 bits per heavy atom. The fourth-order valence-corrected chi connectivity index (χ4v) is 2.93. The maximum atomic E-state index is 10.5. The SMILES string of the molecule is CCNc1nc(C)c2c(n1)N(CCCOC(C)C)C(O)C(Br)=C2. The maximum Gasteiger partial charge on any atom is 0.224 e. The van der Waals surface area contributed by atoms with Crippen molar-refractivity contribution in [3.63, 3.8) is 0 Å². The second-order valence-electron chi connectivity index (χ2n) is 5.77. The van der Waals surface area contributed by atoms with E-state index in [0.29, 0.717) is 19.1 Å². The summed E-state index contributed by atoms with van der Waals surface area (Å²) in [5.74, 6) is 1.35. The van der Waals surface area contributed by atoms with E-state index in [4.69, 9.17) is 4.74 Å². The van der Waals surface area contributed by atoms with E-state index in [1.807, 2.05) is 38.7 Å². The van der Waals surface area contributed by atoms with Crippen molar-refractivity contribution in [3.8, 4) is 0 Å². The van der Waals surface area contributed by atoms with E-state index in [1.54, 1.807) is 0 Å². The van der Waals surface area contributed by atoms with Gasteiger partial charge in [-0.25, -0.2) is 4.98 Å². The number of ether oxygens (including phenoxy) is 1. The topological polar surface area (TPSA) is 70.5 Å². The lowest BCUT2D eigenvalue weighted by molar-refractivity contribution is 0.0765. The van der Waals surface area contributed by atoms with Crippen LogP contribution in [0.3, 0.4) is 0 Å². The second kappa shape index (κ2) is 8.08. The number of aliphatic hydroxyl groups is 1. The molecule has 0 radical (unpaired) electrons. The normalized spacial score (nSPS) is 17.3. The van der Waals surface area contributed by atoms with E-state index in [-0.39, 0.29) is 6.10 Å². The molecule has 0 amide bonds. The monoisotopic (exact) mass is 384 g/mol. The molecule has 1 aromatic rings. The molecule has 1 atom stereocenters. The summed E-state index contributed by atoms with van der Waals surface area (Å²) in [5.41, 5.74) is 1.83. The van der Waals surface area contributed by atoms with Crippen LogP contribution in [-0.2, 0) is 4.74 Å². The molecule has 2 heterocycles. The van der Waals surface area contributed by atoms with Gasteiger partial charge in [0, 0.05) is 29.7 Å². The van der Waals surface area contributed by atoms with Crippen LogP contribution in [0.15, 0.2) is 4.48 Å². The predicted octanol–water partition coefficient (Wildman–Crippen LogP) is 2.91. The molecule has 0 saturated carbocycles. The zero-order valence-electron chi connectivity index (χ0n) is 14.1. The van der Waals surface area contributed by atoms with Crippen molar-refractivity contribution in [2.75, 3.05) is 29.9 Å². The molecule has 0 saturated heterocycles. The van der Waals surface area contributed by atoms with Crippen molar-refractivity contribution < 1.29 is 9.84 Å². The zero-order valence-corrected chi connectivity index (χ0v) is 15.7. The summed E-state index contributed by atoms with van der Waals surface area (Å²) in [6.45, 7) is 10.1. The number of aliphatic hydroxyl groups excluding tert-OH is 1. The first-order chi connectivity index (χ1) is 10.9. The van der Waals surface area contributed by atoms with Gasteiger partial charge >= 0.3 is 0 Å². The number of fused-ring (bicyclic) bond motifs is 1. The van der Waals surface area contributed by atoms with Crippen LogP contribution in [0, 0.1) is 6.92 Å². The predicted molar refractivity (Wildman–Crippen MR) is 96.9 cm³/mol. The van der Waals surface area contributed by atoms with Crippen LogP contribution in [0.4, 0.5) is 11.8 Å². The minimum absolute atomic E-state index is 0.213. The molecule has 128 valence electrons. The summed E-state index contributed by atoms with van der Waals surface area (Å²) in [7, 11) is 0. The van der Waals surface area contributed by atoms with E-state index in [2.05, 4.69) is 31.2 Å². The molecule has 7 heteroatoms. The highest BCUT2D eigenvalue weighted by Crippen LogP contribution is 2.34. The quantitative estimate of drug-likeness (QED) is 0.704. The van der Waals surface area contributed by atoms with Gasteiger partial charge in [0.1, 0.15) is 5.82 Å². The van der Waals surface area contributed by atoms with Crippen LogP contribution in [0.5, 0.6) is 0 Å². The summed E-state index contributed by atoms with van der Waals surface area (Å²) in [6.07, 6.45) is 2.19. The van der Waals surface area contributed by atoms with Crippen molar-refractivity contribution in [3.05, 3.63) is 15.7 Å². The van der Waals surface area contributed by atoms with Crippen LogP contribution in [0.1, 0.15) is 38.4 Å². The summed E-state index contributed by atoms with van der Waals surface area (Å²) in [4.78, 5) is 10.9. The zero-order chi connectivity index (χ0) is 17.0. The fourth-order valence-electron chi connectivity index (χ4n) is 2.45. The van der Waals surface area contributed by atoms with Crippen molar-refractivity contribution in [2.24, 2.45) is 0 Å². The van der Waals surface area contributed by atoms with Gasteiger partial charge in [-0.1, -0.05) is 15.9 Å². The van der Waals surface area contributed by atoms with Gasteiger partial charge in [-0.2, -0.15) is 4.98 Å². The van der Waals surface area contributed by atoms with Gasteiger partial charge in [0.25, 0.3) is 0 Å². The van der Waals surface area contributed by atoms with Crippen LogP contribution >= 0.6 is 15.9 Å². The van der Waals surface area contributed by atoms with Crippen LogP contribution in [-0.4, -0.2) is 47.1 Å². The molecule has 6 nitrogen and oxygen atoms in total. The number of hydrogen-bond donors (Lipinski definition) is 2. The number of hydrogen-bond acceptors (Lipinski definition) is 6. The average molecular weight is 385 g/mol. The molecule has 1 aromatic heterocycles. The molecular formula is C16H25BrN4O2. The number of halogens is 1. The Morgan fingerprint density at radius 2 is 2.17 bits per heavy atom. The largest absolute Gasteiger partial charge is 0.379 e. The molecule has 0 spiro atoms. The lowest BCUT2D eigenvalue weighted by Gasteiger charge is -2.34. The third kappa shape index (κ3) is 4.43. The number of rotatable bonds is 7. The van der Waals surface area contributed by atoms with Gasteiger partial charge in [-0.05, 0) is 40.2 Å². The Balaban J connectivity index is 2.24. The standard InChI is InChI=1S/C16H25BrN4O2/c1-5-18-16-19-11(4)12-9-13(17)15(22)21(14(12)20-16)7-6-8-23-10(2)3/h9-10,15,22H,5-8H2,1-4H3,(H,18,19,20). The molecule has 0 fully saturated rings.